The van der Waals surface area contributed by atoms with Crippen LogP contribution in [0.25, 0.3) is 0 Å². The maximum absolute atomic E-state index is 12.9. The fraction of sp³-hybridized carbons (Fsp3) is 0.667. The Balaban J connectivity index is 1.55. The minimum Gasteiger partial charge on any atom is -0.508 e. The molecule has 1 atom stereocenters. The highest BCUT2D eigenvalue weighted by Crippen LogP contribution is 2.43. The Kier molecular flexibility index (Phi) is 6.20. The van der Waals surface area contributed by atoms with Crippen molar-refractivity contribution in [3.63, 3.8) is 0 Å². The second kappa shape index (κ2) is 8.40. The van der Waals surface area contributed by atoms with Crippen LogP contribution in [-0.2, 0) is 11.2 Å². The van der Waals surface area contributed by atoms with Crippen LogP contribution in [-0.4, -0.2) is 66.6 Å². The molecule has 3 rings (SSSR count). The number of carbonyl (C=O) groups excluding carboxylic acids is 1. The number of likely N-dealkylation sites (tertiary alicyclic amines) is 2. The van der Waals surface area contributed by atoms with E-state index in [1.807, 2.05) is 12.1 Å². The molecule has 2 aliphatic heterocycles. The third-order valence-corrected chi connectivity index (χ3v) is 6.12. The van der Waals surface area contributed by atoms with E-state index >= 15 is 0 Å². The first-order valence-electron chi connectivity index (χ1n) is 9.99. The van der Waals surface area contributed by atoms with E-state index in [0.717, 1.165) is 51.0 Å². The molecule has 2 aliphatic rings. The Morgan fingerprint density at radius 2 is 1.96 bits per heavy atom. The summed E-state index contributed by atoms with van der Waals surface area (Å²) in [6.45, 7) is 7.22. The van der Waals surface area contributed by atoms with Crippen molar-refractivity contribution in [2.45, 2.75) is 45.1 Å². The molecule has 1 amide bonds. The zero-order chi connectivity index (χ0) is 18.6. The van der Waals surface area contributed by atoms with Crippen LogP contribution < -0.4 is 5.32 Å². The van der Waals surface area contributed by atoms with Gasteiger partial charge in [0.1, 0.15) is 5.75 Å². The fourth-order valence-corrected chi connectivity index (χ4v) is 4.49. The number of phenolic OH excluding ortho intramolecular Hbond substituents is 1. The van der Waals surface area contributed by atoms with Crippen LogP contribution in [0, 0.1) is 5.41 Å². The van der Waals surface area contributed by atoms with Crippen LogP contribution in [0.15, 0.2) is 24.3 Å². The molecule has 0 radical (unpaired) electrons. The highest BCUT2D eigenvalue weighted by atomic mass is 16.3. The van der Waals surface area contributed by atoms with Crippen molar-refractivity contribution < 1.29 is 9.90 Å². The lowest BCUT2D eigenvalue weighted by Crippen LogP contribution is -2.44. The van der Waals surface area contributed by atoms with Gasteiger partial charge >= 0.3 is 0 Å². The largest absolute Gasteiger partial charge is 0.508 e. The molecule has 2 heterocycles. The lowest BCUT2D eigenvalue weighted by atomic mass is 9.76. The van der Waals surface area contributed by atoms with Gasteiger partial charge in [-0.2, -0.15) is 0 Å². The first kappa shape index (κ1) is 19.2. The summed E-state index contributed by atoms with van der Waals surface area (Å²) in [6.07, 6.45) is 5.31. The Labute approximate surface area is 157 Å². The standard InChI is InChI=1S/C21H33N3O2/c1-3-12-24-16-21(9-13-23(2)14-10-21)15-19(24)20(26)22-11-8-17-4-6-18(25)7-5-17/h4-7,19,25H,3,8-16H2,1-2H3,(H,22,26)/t19-/m0/s1. The molecule has 5 nitrogen and oxygen atoms in total. The maximum atomic E-state index is 12.9. The van der Waals surface area contributed by atoms with Crippen molar-refractivity contribution in [2.24, 2.45) is 5.41 Å². The Morgan fingerprint density at radius 1 is 1.27 bits per heavy atom. The molecule has 2 N–H and O–H groups in total. The van der Waals surface area contributed by atoms with E-state index in [-0.39, 0.29) is 17.7 Å². The summed E-state index contributed by atoms with van der Waals surface area (Å²) >= 11 is 0. The van der Waals surface area contributed by atoms with Crippen LogP contribution in [0.3, 0.4) is 0 Å². The van der Waals surface area contributed by atoms with E-state index in [1.54, 1.807) is 12.1 Å². The molecule has 0 unspecified atom stereocenters. The number of amides is 1. The van der Waals surface area contributed by atoms with Crippen LogP contribution in [0.5, 0.6) is 5.75 Å². The minimum absolute atomic E-state index is 0.0261. The van der Waals surface area contributed by atoms with Crippen LogP contribution >= 0.6 is 0 Å². The van der Waals surface area contributed by atoms with Gasteiger partial charge in [0.25, 0.3) is 0 Å². The molecule has 2 saturated heterocycles. The number of nitrogens with one attached hydrogen (secondary N) is 1. The number of aromatic hydroxyl groups is 1. The van der Waals surface area contributed by atoms with Crippen LogP contribution in [0.1, 0.15) is 38.2 Å². The second-order valence-corrected chi connectivity index (χ2v) is 8.20. The van der Waals surface area contributed by atoms with Gasteiger partial charge in [0, 0.05) is 13.1 Å². The average Bonchev–Trinajstić information content (AvgIpc) is 2.98. The van der Waals surface area contributed by atoms with Crippen molar-refractivity contribution in [2.75, 3.05) is 39.8 Å². The SMILES string of the molecule is CCCN1CC2(CCN(C)CC2)C[C@H]1C(=O)NCCc1ccc(O)cc1. The molecule has 0 saturated carbocycles. The number of piperidine rings is 1. The molecular formula is C21H33N3O2. The average molecular weight is 360 g/mol. The Morgan fingerprint density at radius 3 is 2.62 bits per heavy atom. The van der Waals surface area contributed by atoms with E-state index < -0.39 is 0 Å². The predicted octanol–water partition coefficient (Wildman–Crippen LogP) is 2.25. The molecular weight excluding hydrogens is 326 g/mol. The van der Waals surface area contributed by atoms with Crippen molar-refractivity contribution in [1.29, 1.82) is 0 Å². The number of phenols is 1. The molecule has 1 aromatic carbocycles. The van der Waals surface area contributed by atoms with Crippen LogP contribution in [0.2, 0.25) is 0 Å². The first-order chi connectivity index (χ1) is 12.5. The van der Waals surface area contributed by atoms with Crippen molar-refractivity contribution in [3.8, 4) is 5.75 Å². The third kappa shape index (κ3) is 4.57. The number of benzene rings is 1. The summed E-state index contributed by atoms with van der Waals surface area (Å²) in [5, 5.41) is 12.5. The molecule has 0 aromatic heterocycles. The molecule has 2 fully saturated rings. The van der Waals surface area contributed by atoms with Crippen LogP contribution in [0.4, 0.5) is 0 Å². The highest BCUT2D eigenvalue weighted by molar-refractivity contribution is 5.82. The monoisotopic (exact) mass is 359 g/mol. The van der Waals surface area contributed by atoms with Gasteiger partial charge in [-0.1, -0.05) is 19.1 Å². The lowest BCUT2D eigenvalue weighted by molar-refractivity contribution is -0.125. The molecule has 26 heavy (non-hydrogen) atoms. The summed E-state index contributed by atoms with van der Waals surface area (Å²) in [5.74, 6) is 0.468. The number of nitrogens with zero attached hydrogens (tertiary/aromatic N) is 2. The molecule has 144 valence electrons. The number of hydrogen-bond acceptors (Lipinski definition) is 4. The summed E-state index contributed by atoms with van der Waals surface area (Å²) < 4.78 is 0. The molecule has 1 aromatic rings. The highest BCUT2D eigenvalue weighted by Gasteiger charge is 2.47. The van der Waals surface area contributed by atoms with Crippen molar-refractivity contribution in [3.05, 3.63) is 29.8 Å². The van der Waals surface area contributed by atoms with Gasteiger partial charge in [0.05, 0.1) is 6.04 Å². The van der Waals surface area contributed by atoms with E-state index in [2.05, 4.69) is 29.1 Å². The van der Waals surface area contributed by atoms with Gasteiger partial charge in [-0.15, -0.1) is 0 Å². The van der Waals surface area contributed by atoms with E-state index in [0.29, 0.717) is 12.0 Å². The summed E-state index contributed by atoms with van der Waals surface area (Å²) in [7, 11) is 2.19. The smallest absolute Gasteiger partial charge is 0.237 e. The minimum atomic E-state index is 0.0261. The predicted molar refractivity (Wildman–Crippen MR) is 104 cm³/mol. The molecule has 0 aliphatic carbocycles. The van der Waals surface area contributed by atoms with Gasteiger partial charge in [-0.3, -0.25) is 9.69 Å². The van der Waals surface area contributed by atoms with E-state index in [4.69, 9.17) is 0 Å². The fourth-order valence-electron chi connectivity index (χ4n) is 4.49. The van der Waals surface area contributed by atoms with Gasteiger partial charge in [-0.05, 0) is 81.9 Å². The number of rotatable bonds is 6. The van der Waals surface area contributed by atoms with E-state index in [1.165, 1.54) is 12.8 Å². The van der Waals surface area contributed by atoms with E-state index in [9.17, 15) is 9.90 Å². The topological polar surface area (TPSA) is 55.8 Å². The molecule has 0 bridgehead atoms. The third-order valence-electron chi connectivity index (χ3n) is 6.12. The molecule has 5 heteroatoms. The summed E-state index contributed by atoms with van der Waals surface area (Å²) in [4.78, 5) is 17.7. The Hall–Kier alpha value is -1.59. The second-order valence-electron chi connectivity index (χ2n) is 8.20. The van der Waals surface area contributed by atoms with Crippen molar-refractivity contribution >= 4 is 5.91 Å². The maximum Gasteiger partial charge on any atom is 0.237 e. The Bertz CT molecular complexity index is 594. The van der Waals surface area contributed by atoms with Gasteiger partial charge in [0.15, 0.2) is 0 Å². The molecule has 1 spiro atoms. The lowest BCUT2D eigenvalue weighted by Gasteiger charge is -2.37. The van der Waals surface area contributed by atoms with Gasteiger partial charge in [0.2, 0.25) is 5.91 Å². The zero-order valence-corrected chi connectivity index (χ0v) is 16.2. The summed E-state index contributed by atoms with van der Waals surface area (Å²) in [5.41, 5.74) is 1.47. The van der Waals surface area contributed by atoms with Crippen molar-refractivity contribution in [1.82, 2.24) is 15.1 Å². The quantitative estimate of drug-likeness (QED) is 0.818. The zero-order valence-electron chi connectivity index (χ0n) is 16.2. The van der Waals surface area contributed by atoms with Gasteiger partial charge in [-0.25, -0.2) is 0 Å². The normalized spacial score (nSPS) is 23.4. The van der Waals surface area contributed by atoms with Gasteiger partial charge < -0.3 is 15.3 Å². The number of hydrogen-bond donors (Lipinski definition) is 2. The number of carbonyl (C=O) groups is 1. The summed E-state index contributed by atoms with van der Waals surface area (Å²) in [6, 6.07) is 7.24. The first-order valence-corrected chi connectivity index (χ1v) is 9.99.